The average molecular weight is 1010 g/mol. The molecule has 67 heavy (non-hydrogen) atoms. The van der Waals surface area contributed by atoms with E-state index >= 15 is 0 Å². The number of hydrogen-bond acceptors (Lipinski definition) is 15. The van der Waals surface area contributed by atoms with E-state index in [1.165, 1.54) is 17.0 Å². The molecular formula is C50H61BrN8O6S2. The molecule has 0 radical (unpaired) electrons. The molecule has 1 aromatic heterocycles. The number of nitrogens with one attached hydrogen (secondary N) is 2. The summed E-state index contributed by atoms with van der Waals surface area (Å²) in [7, 11) is 3.15. The van der Waals surface area contributed by atoms with Gasteiger partial charge in [0.2, 0.25) is 5.78 Å². The number of aliphatic imine (C=N–C) groups is 1. The second-order valence-electron chi connectivity index (χ2n) is 16.6. The minimum Gasteiger partial charge on any atom is -0.497 e. The Bertz CT molecular complexity index is 2460. The lowest BCUT2D eigenvalue weighted by Crippen LogP contribution is -2.44. The molecule has 17 heteroatoms. The Hall–Kier alpha value is -5.84. The van der Waals surface area contributed by atoms with Gasteiger partial charge in [-0.25, -0.2) is 9.78 Å². The molecule has 1 amide bonds. The Kier molecular flexibility index (Phi) is 19.7. The molecule has 3 heterocycles. The van der Waals surface area contributed by atoms with Crippen molar-refractivity contribution >= 4 is 96.0 Å². The van der Waals surface area contributed by atoms with E-state index < -0.39 is 5.60 Å². The van der Waals surface area contributed by atoms with Gasteiger partial charge in [0.15, 0.2) is 10.9 Å². The predicted molar refractivity (Wildman–Crippen MR) is 278 cm³/mol. The number of ether oxygens (including phenoxy) is 3. The van der Waals surface area contributed by atoms with Crippen LogP contribution in [0.15, 0.2) is 102 Å². The van der Waals surface area contributed by atoms with Crippen LogP contribution in [0, 0.1) is 0 Å². The zero-order chi connectivity index (χ0) is 48.5. The van der Waals surface area contributed by atoms with Crippen molar-refractivity contribution in [2.45, 2.75) is 65.1 Å². The van der Waals surface area contributed by atoms with Crippen LogP contribution in [-0.4, -0.2) is 109 Å². The van der Waals surface area contributed by atoms with E-state index in [0.29, 0.717) is 50.6 Å². The zero-order valence-corrected chi connectivity index (χ0v) is 42.4. The minimum atomic E-state index is -0.471. The number of amides is 1. The maximum atomic E-state index is 12.9. The van der Waals surface area contributed by atoms with E-state index in [1.807, 2.05) is 75.1 Å². The number of nitrogen functional groups attached to an aromatic ring is 1. The number of ketones is 2. The van der Waals surface area contributed by atoms with E-state index in [-0.39, 0.29) is 29.5 Å². The molecular weight excluding hydrogens is 953 g/mol. The summed E-state index contributed by atoms with van der Waals surface area (Å²) in [5, 5.41) is 10.1. The van der Waals surface area contributed by atoms with E-state index in [4.69, 9.17) is 19.9 Å². The molecule has 2 unspecified atom stereocenters. The fourth-order valence-electron chi connectivity index (χ4n) is 7.52. The SMILES string of the molecule is CCN(C(=O)OC(C)(C)C)C1CCN(c2ccc(N=C=S)cc2)C1.CCNC1CCN(c2ccc(Nc3nc(N)c(C(=O)c4cccc(OC)c4)s3)cc2)C1.COc1cccc(C(=O)CBr)c1. The first-order valence-corrected chi connectivity index (χ1v) is 24.5. The Labute approximate surface area is 412 Å². The number of thiocarbonyl (C=S) groups is 1. The molecule has 2 saturated heterocycles. The number of isothiocyanates is 1. The van der Waals surface area contributed by atoms with Gasteiger partial charge in [-0.1, -0.05) is 58.5 Å². The van der Waals surface area contributed by atoms with Crippen molar-refractivity contribution in [2.24, 2.45) is 4.99 Å². The Morgan fingerprint density at radius 1 is 0.896 bits per heavy atom. The number of halogens is 1. The van der Waals surface area contributed by atoms with Gasteiger partial charge in [0.1, 0.15) is 27.8 Å². The van der Waals surface area contributed by atoms with Gasteiger partial charge in [-0.2, -0.15) is 4.99 Å². The number of likely N-dealkylation sites (N-methyl/N-ethyl adjacent to an activating group) is 2. The lowest BCUT2D eigenvalue weighted by Gasteiger charge is -2.31. The van der Waals surface area contributed by atoms with Crippen LogP contribution in [0.4, 0.5) is 38.5 Å². The maximum Gasteiger partial charge on any atom is 0.410 e. The van der Waals surface area contributed by atoms with Crippen LogP contribution in [0.2, 0.25) is 0 Å². The molecule has 0 saturated carbocycles. The Morgan fingerprint density at radius 2 is 1.49 bits per heavy atom. The van der Waals surface area contributed by atoms with Crippen molar-refractivity contribution in [3.8, 4) is 11.5 Å². The number of carbonyl (C=O) groups is 3. The number of hydrogen-bond donors (Lipinski definition) is 3. The van der Waals surface area contributed by atoms with Crippen molar-refractivity contribution < 1.29 is 28.6 Å². The van der Waals surface area contributed by atoms with Crippen LogP contribution in [0.1, 0.15) is 73.1 Å². The van der Waals surface area contributed by atoms with E-state index in [0.717, 1.165) is 62.6 Å². The number of nitrogens with two attached hydrogens (primary N) is 1. The molecule has 4 N–H and O–H groups in total. The number of thiazole rings is 1. The topological polar surface area (TPSA) is 164 Å². The molecule has 7 rings (SSSR count). The van der Waals surface area contributed by atoms with E-state index in [1.54, 1.807) is 56.7 Å². The highest BCUT2D eigenvalue weighted by atomic mass is 79.9. The number of aromatic nitrogens is 1. The first kappa shape index (κ1) is 52.1. The Balaban J connectivity index is 0.000000206. The number of Topliss-reactive ketones (excluding diaryl/α,β-unsaturated/α-hetero) is 1. The van der Waals surface area contributed by atoms with Gasteiger partial charge < -0.3 is 45.3 Å². The smallest absolute Gasteiger partial charge is 0.410 e. The van der Waals surface area contributed by atoms with Crippen LogP contribution in [0.3, 0.4) is 0 Å². The van der Waals surface area contributed by atoms with Gasteiger partial charge in [-0.15, -0.1) is 0 Å². The summed E-state index contributed by atoms with van der Waals surface area (Å²) in [6.07, 6.45) is 1.87. The molecule has 2 aliphatic rings. The molecule has 0 aliphatic carbocycles. The van der Waals surface area contributed by atoms with Crippen molar-refractivity contribution in [1.29, 1.82) is 0 Å². The highest BCUT2D eigenvalue weighted by Gasteiger charge is 2.32. The minimum absolute atomic E-state index is 0.0638. The highest BCUT2D eigenvalue weighted by Crippen LogP contribution is 2.32. The van der Waals surface area contributed by atoms with Crippen molar-refractivity contribution in [1.82, 2.24) is 15.2 Å². The lowest BCUT2D eigenvalue weighted by atomic mass is 10.1. The van der Waals surface area contributed by atoms with Gasteiger partial charge in [0.25, 0.3) is 0 Å². The van der Waals surface area contributed by atoms with Gasteiger partial charge in [-0.05, 0) is 132 Å². The number of rotatable bonds is 15. The molecule has 2 atom stereocenters. The monoisotopic (exact) mass is 1010 g/mol. The number of methoxy groups -OCH3 is 2. The zero-order valence-electron chi connectivity index (χ0n) is 39.2. The van der Waals surface area contributed by atoms with Crippen LogP contribution >= 0.6 is 39.5 Å². The van der Waals surface area contributed by atoms with Crippen LogP contribution in [0.5, 0.6) is 11.5 Å². The number of nitrogens with zero attached hydrogens (tertiary/aromatic N) is 5. The summed E-state index contributed by atoms with van der Waals surface area (Å²) in [6, 6.07) is 31.0. The largest absolute Gasteiger partial charge is 0.497 e. The van der Waals surface area contributed by atoms with Crippen molar-refractivity contribution in [3.05, 3.63) is 113 Å². The summed E-state index contributed by atoms with van der Waals surface area (Å²) in [4.78, 5) is 51.7. The van der Waals surface area contributed by atoms with Crippen molar-refractivity contribution in [2.75, 3.05) is 79.7 Å². The van der Waals surface area contributed by atoms with Crippen LogP contribution < -0.4 is 35.6 Å². The second-order valence-corrected chi connectivity index (χ2v) is 18.4. The predicted octanol–water partition coefficient (Wildman–Crippen LogP) is 10.4. The second kappa shape index (κ2) is 25.3. The molecule has 14 nitrogen and oxygen atoms in total. The highest BCUT2D eigenvalue weighted by molar-refractivity contribution is 9.09. The first-order chi connectivity index (χ1) is 32.2. The summed E-state index contributed by atoms with van der Waals surface area (Å²) < 4.78 is 15.7. The van der Waals surface area contributed by atoms with Gasteiger partial charge >= 0.3 is 6.09 Å². The summed E-state index contributed by atoms with van der Waals surface area (Å²) in [6.45, 7) is 15.3. The number of benzene rings is 4. The van der Waals surface area contributed by atoms with E-state index in [9.17, 15) is 14.4 Å². The standard InChI is InChI=1S/C23H27N5O2S.C18H25N3O2S.C9H9BrO2/c1-3-25-17-11-12-28(14-17)18-9-7-16(8-10-18)26-23-27-22(24)21(31-23)20(29)15-5-4-6-19(13-15)30-2;1-5-21(17(22)23-18(2,3)4)16-10-11-20(12-16)15-8-6-14(7-9-15)19-13-24;1-12-8-4-2-3-7(5-8)9(11)6-10/h4-10,13,17,25H,3,11-12,14,24H2,1-2H3,(H,26,27);6-9,16H,5,10-12H2,1-4H3;2-5H,6H2,1H3. The van der Waals surface area contributed by atoms with Gasteiger partial charge in [0, 0.05) is 67.0 Å². The molecule has 5 aromatic rings. The Morgan fingerprint density at radius 3 is 2.07 bits per heavy atom. The number of carbonyl (C=O) groups excluding carboxylic acids is 3. The number of alkyl halides is 1. The maximum absolute atomic E-state index is 12.9. The quantitative estimate of drug-likeness (QED) is 0.0393. The molecule has 2 fully saturated rings. The summed E-state index contributed by atoms with van der Waals surface area (Å²) in [5.41, 5.74) is 10.8. The summed E-state index contributed by atoms with van der Waals surface area (Å²) >= 11 is 8.97. The molecule has 0 spiro atoms. The van der Waals surface area contributed by atoms with Crippen LogP contribution in [0.25, 0.3) is 0 Å². The van der Waals surface area contributed by atoms with E-state index in [2.05, 4.69) is 82.8 Å². The molecule has 0 bridgehead atoms. The fraction of sp³-hybridized carbons (Fsp3) is 0.380. The van der Waals surface area contributed by atoms with Crippen LogP contribution in [-0.2, 0) is 4.74 Å². The normalized spacial score (nSPS) is 15.2. The molecule has 356 valence electrons. The fourth-order valence-corrected chi connectivity index (χ4v) is 8.82. The van der Waals surface area contributed by atoms with Crippen molar-refractivity contribution in [3.63, 3.8) is 0 Å². The van der Waals surface area contributed by atoms with Gasteiger partial charge in [0.05, 0.1) is 36.4 Å². The third kappa shape index (κ3) is 15.3. The third-order valence-corrected chi connectivity index (χ3v) is 12.4. The number of anilines is 5. The van der Waals surface area contributed by atoms with Gasteiger partial charge in [-0.3, -0.25) is 9.59 Å². The average Bonchev–Trinajstić information content (AvgIpc) is 4.10. The summed E-state index contributed by atoms with van der Waals surface area (Å²) in [5.74, 6) is 1.46. The molecule has 4 aromatic carbocycles. The first-order valence-electron chi connectivity index (χ1n) is 22.1. The molecule has 2 aliphatic heterocycles. The lowest BCUT2D eigenvalue weighted by molar-refractivity contribution is 0.0190. The third-order valence-electron chi connectivity index (χ3n) is 10.8.